The highest BCUT2D eigenvalue weighted by Gasteiger charge is 2.15. The van der Waals surface area contributed by atoms with Crippen molar-refractivity contribution in [2.24, 2.45) is 5.14 Å². The number of benzene rings is 1. The number of hydrogen-bond acceptors (Lipinski definition) is 5. The largest absolute Gasteiger partial charge is 0.490 e. The maximum absolute atomic E-state index is 11.4. The van der Waals surface area contributed by atoms with E-state index in [0.717, 1.165) is 0 Å². The monoisotopic (exact) mass is 274 g/mol. The van der Waals surface area contributed by atoms with E-state index < -0.39 is 10.0 Å². The van der Waals surface area contributed by atoms with E-state index in [2.05, 4.69) is 0 Å². The van der Waals surface area contributed by atoms with Crippen molar-refractivity contribution in [3.05, 3.63) is 18.2 Å². The zero-order chi connectivity index (χ0) is 13.8. The fraction of sp³-hybridized carbons (Fsp3) is 0.455. The predicted octanol–water partition coefficient (Wildman–Crippen LogP) is 0.720. The molecule has 0 fully saturated rings. The molecule has 0 spiro atoms. The molecular formula is C11H18N2O4S. The number of nitrogens with two attached hydrogens (primary N) is 2. The maximum Gasteiger partial charge on any atom is 0.241 e. The molecule has 0 radical (unpaired) electrons. The maximum atomic E-state index is 11.4. The molecule has 0 bridgehead atoms. The smallest absolute Gasteiger partial charge is 0.241 e. The van der Waals surface area contributed by atoms with Gasteiger partial charge in [0.05, 0.1) is 12.7 Å². The van der Waals surface area contributed by atoms with Crippen molar-refractivity contribution in [2.45, 2.75) is 24.8 Å². The van der Waals surface area contributed by atoms with Gasteiger partial charge < -0.3 is 15.2 Å². The summed E-state index contributed by atoms with van der Waals surface area (Å²) >= 11 is 0. The van der Waals surface area contributed by atoms with Gasteiger partial charge in [-0.25, -0.2) is 13.6 Å². The van der Waals surface area contributed by atoms with Gasteiger partial charge in [-0.3, -0.25) is 0 Å². The summed E-state index contributed by atoms with van der Waals surface area (Å²) < 4.78 is 33.3. The fourth-order valence-electron chi connectivity index (χ4n) is 1.30. The molecule has 0 amide bonds. The first kappa shape index (κ1) is 14.7. The predicted molar refractivity (Wildman–Crippen MR) is 68.8 cm³/mol. The number of anilines is 1. The molecule has 0 aliphatic heterocycles. The summed E-state index contributed by atoms with van der Waals surface area (Å²) in [7, 11) is -3.86. The Balaban J connectivity index is 2.77. The summed E-state index contributed by atoms with van der Waals surface area (Å²) in [4.78, 5) is -0.118. The molecule has 4 N–H and O–H groups in total. The Morgan fingerprint density at radius 3 is 2.50 bits per heavy atom. The van der Waals surface area contributed by atoms with E-state index >= 15 is 0 Å². The first-order valence-electron chi connectivity index (χ1n) is 5.47. The molecule has 0 unspecified atom stereocenters. The number of ether oxygens (including phenoxy) is 2. The van der Waals surface area contributed by atoms with Gasteiger partial charge in [0, 0.05) is 5.69 Å². The third-order valence-corrected chi connectivity index (χ3v) is 3.00. The van der Waals surface area contributed by atoms with Crippen molar-refractivity contribution in [1.29, 1.82) is 0 Å². The molecule has 1 aromatic rings. The van der Waals surface area contributed by atoms with Gasteiger partial charge in [0.2, 0.25) is 10.0 Å². The molecule has 0 saturated carbocycles. The van der Waals surface area contributed by atoms with Crippen LogP contribution >= 0.6 is 0 Å². The molecule has 0 heterocycles. The van der Waals surface area contributed by atoms with E-state index in [0.29, 0.717) is 12.3 Å². The Morgan fingerprint density at radius 2 is 1.94 bits per heavy atom. The number of hydrogen-bond donors (Lipinski definition) is 2. The summed E-state index contributed by atoms with van der Waals surface area (Å²) in [5.74, 6) is 0.180. The van der Waals surface area contributed by atoms with Crippen LogP contribution in [0.15, 0.2) is 23.1 Å². The van der Waals surface area contributed by atoms with Gasteiger partial charge in [-0.1, -0.05) is 0 Å². The molecule has 6 nitrogen and oxygen atoms in total. The Kier molecular flexibility index (Phi) is 4.94. The van der Waals surface area contributed by atoms with Crippen LogP contribution in [0, 0.1) is 0 Å². The van der Waals surface area contributed by atoms with E-state index in [4.69, 9.17) is 20.3 Å². The van der Waals surface area contributed by atoms with Gasteiger partial charge in [-0.05, 0) is 32.0 Å². The summed E-state index contributed by atoms with van der Waals surface area (Å²) in [5.41, 5.74) is 5.83. The Bertz CT molecular complexity index is 500. The number of nitrogen functional groups attached to an aromatic ring is 1. The van der Waals surface area contributed by atoms with Crippen LogP contribution in [-0.2, 0) is 14.8 Å². The van der Waals surface area contributed by atoms with Gasteiger partial charge in [0.15, 0.2) is 0 Å². The minimum Gasteiger partial charge on any atom is -0.490 e. The summed E-state index contributed by atoms with van der Waals surface area (Å²) in [6, 6.07) is 4.30. The highest BCUT2D eigenvalue weighted by molar-refractivity contribution is 7.89. The number of sulfonamides is 1. The first-order chi connectivity index (χ1) is 8.30. The molecule has 7 heteroatoms. The Hall–Kier alpha value is -1.31. The van der Waals surface area contributed by atoms with Crippen molar-refractivity contribution in [3.63, 3.8) is 0 Å². The highest BCUT2D eigenvalue weighted by Crippen LogP contribution is 2.24. The van der Waals surface area contributed by atoms with Crippen molar-refractivity contribution in [2.75, 3.05) is 18.9 Å². The minimum atomic E-state index is -3.86. The molecule has 1 rings (SSSR count). The van der Waals surface area contributed by atoms with E-state index in [-0.39, 0.29) is 23.4 Å². The zero-order valence-corrected chi connectivity index (χ0v) is 11.2. The van der Waals surface area contributed by atoms with E-state index in [9.17, 15) is 8.42 Å². The van der Waals surface area contributed by atoms with Crippen molar-refractivity contribution < 1.29 is 17.9 Å². The van der Waals surface area contributed by atoms with Crippen LogP contribution in [0.3, 0.4) is 0 Å². The third kappa shape index (κ3) is 4.52. The Morgan fingerprint density at radius 1 is 1.28 bits per heavy atom. The molecule has 18 heavy (non-hydrogen) atoms. The van der Waals surface area contributed by atoms with Gasteiger partial charge in [-0.15, -0.1) is 0 Å². The second kappa shape index (κ2) is 6.03. The van der Waals surface area contributed by atoms with Crippen molar-refractivity contribution in [3.8, 4) is 5.75 Å². The Labute approximate surface area is 107 Å². The molecule has 0 aliphatic carbocycles. The van der Waals surface area contributed by atoms with Gasteiger partial charge in [0.1, 0.15) is 17.3 Å². The number of rotatable bonds is 6. The summed E-state index contributed by atoms with van der Waals surface area (Å²) in [5, 5.41) is 5.08. The van der Waals surface area contributed by atoms with Crippen LogP contribution in [0.2, 0.25) is 0 Å². The first-order valence-corrected chi connectivity index (χ1v) is 7.02. The lowest BCUT2D eigenvalue weighted by Gasteiger charge is -2.12. The molecule has 1 aromatic carbocycles. The van der Waals surface area contributed by atoms with Crippen LogP contribution in [0.5, 0.6) is 5.75 Å². The van der Waals surface area contributed by atoms with Crippen LogP contribution in [-0.4, -0.2) is 27.7 Å². The molecule has 0 atom stereocenters. The second-order valence-corrected chi connectivity index (χ2v) is 5.55. The van der Waals surface area contributed by atoms with Gasteiger partial charge >= 0.3 is 0 Å². The summed E-state index contributed by atoms with van der Waals surface area (Å²) in [6.07, 6.45) is 0.0951. The second-order valence-electron chi connectivity index (χ2n) is 4.02. The quantitative estimate of drug-likeness (QED) is 0.587. The standard InChI is InChI=1S/C11H18N2O4S/c1-8(2)16-5-6-17-10-4-3-9(12)7-11(10)18(13,14)15/h3-4,7-8H,5-6,12H2,1-2H3,(H2,13,14,15). The van der Waals surface area contributed by atoms with Gasteiger partial charge in [0.25, 0.3) is 0 Å². The molecule has 0 aromatic heterocycles. The van der Waals surface area contributed by atoms with E-state index in [1.54, 1.807) is 6.07 Å². The van der Waals surface area contributed by atoms with Crippen LogP contribution in [0.1, 0.15) is 13.8 Å². The molecule has 0 aliphatic rings. The fourth-order valence-corrected chi connectivity index (χ4v) is 2.01. The third-order valence-electron chi connectivity index (χ3n) is 2.07. The van der Waals surface area contributed by atoms with E-state index in [1.807, 2.05) is 13.8 Å². The lowest BCUT2D eigenvalue weighted by Crippen LogP contribution is -2.16. The van der Waals surface area contributed by atoms with Crippen LogP contribution in [0.25, 0.3) is 0 Å². The van der Waals surface area contributed by atoms with E-state index in [1.165, 1.54) is 12.1 Å². The normalized spacial score (nSPS) is 11.8. The van der Waals surface area contributed by atoms with Gasteiger partial charge in [-0.2, -0.15) is 0 Å². The zero-order valence-electron chi connectivity index (χ0n) is 10.4. The molecular weight excluding hydrogens is 256 g/mol. The van der Waals surface area contributed by atoms with Crippen molar-refractivity contribution >= 4 is 15.7 Å². The van der Waals surface area contributed by atoms with Crippen LogP contribution < -0.4 is 15.6 Å². The SMILES string of the molecule is CC(C)OCCOc1ccc(N)cc1S(N)(=O)=O. The van der Waals surface area contributed by atoms with Crippen LogP contribution in [0.4, 0.5) is 5.69 Å². The minimum absolute atomic E-state index is 0.0951. The average molecular weight is 274 g/mol. The highest BCUT2D eigenvalue weighted by atomic mass is 32.2. The molecule has 0 saturated heterocycles. The lowest BCUT2D eigenvalue weighted by atomic mass is 10.3. The number of primary sulfonamides is 1. The lowest BCUT2D eigenvalue weighted by molar-refractivity contribution is 0.0546. The molecule has 102 valence electrons. The topological polar surface area (TPSA) is 105 Å². The average Bonchev–Trinajstić information content (AvgIpc) is 2.24. The summed E-state index contributed by atoms with van der Waals surface area (Å²) in [6.45, 7) is 4.41. The van der Waals surface area contributed by atoms with Crippen molar-refractivity contribution in [1.82, 2.24) is 0 Å².